The molecule has 0 aromatic heterocycles. The summed E-state index contributed by atoms with van der Waals surface area (Å²) in [5.74, 6) is 0.706. The van der Waals surface area contributed by atoms with E-state index >= 15 is 0 Å². The van der Waals surface area contributed by atoms with E-state index in [9.17, 15) is 9.59 Å². The number of hydrogen-bond acceptors (Lipinski definition) is 6. The summed E-state index contributed by atoms with van der Waals surface area (Å²) in [5.41, 5.74) is 1.14. The lowest BCUT2D eigenvalue weighted by atomic mass is 10.2. The number of amides is 2. The summed E-state index contributed by atoms with van der Waals surface area (Å²) in [5, 5.41) is 6.00. The SMILES string of the molecule is O=C(CC1SC(=Nc2ccc3c(c2)OCCO3)NC1=O)Nc1ccc(Cl)c(Cl)c1. The van der Waals surface area contributed by atoms with E-state index in [1.165, 1.54) is 11.8 Å². The van der Waals surface area contributed by atoms with Crippen LogP contribution in [0.4, 0.5) is 11.4 Å². The van der Waals surface area contributed by atoms with Gasteiger partial charge < -0.3 is 20.1 Å². The van der Waals surface area contributed by atoms with Crippen molar-refractivity contribution in [2.45, 2.75) is 11.7 Å². The van der Waals surface area contributed by atoms with Crippen molar-refractivity contribution in [3.8, 4) is 11.5 Å². The molecule has 0 spiro atoms. The number of fused-ring (bicyclic) bond motifs is 1. The molecule has 1 atom stereocenters. The number of halogens is 2. The molecule has 2 heterocycles. The van der Waals surface area contributed by atoms with Gasteiger partial charge in [0.05, 0.1) is 15.7 Å². The molecule has 4 rings (SSSR count). The minimum atomic E-state index is -0.575. The molecule has 0 aliphatic carbocycles. The number of anilines is 1. The molecule has 10 heteroatoms. The Bertz CT molecular complexity index is 1010. The highest BCUT2D eigenvalue weighted by atomic mass is 35.5. The first-order valence-electron chi connectivity index (χ1n) is 8.69. The molecular formula is C19H15Cl2N3O4S. The molecule has 7 nitrogen and oxygen atoms in total. The van der Waals surface area contributed by atoms with Gasteiger partial charge in [-0.2, -0.15) is 0 Å². The predicted molar refractivity (Wildman–Crippen MR) is 114 cm³/mol. The fraction of sp³-hybridized carbons (Fsp3) is 0.211. The Kier molecular flexibility index (Phi) is 5.84. The molecule has 29 heavy (non-hydrogen) atoms. The molecule has 0 saturated carbocycles. The molecule has 0 bridgehead atoms. The van der Waals surface area contributed by atoms with E-state index in [2.05, 4.69) is 15.6 Å². The molecule has 2 aromatic rings. The standard InChI is InChI=1S/C19H15Cl2N3O4S/c20-12-3-1-10(7-13(12)21)22-17(25)9-16-18(26)24-19(29-16)23-11-2-4-14-15(8-11)28-6-5-27-14/h1-4,7-8,16H,5-6,9H2,(H,22,25)(H,23,24,26). The average molecular weight is 452 g/mol. The Hall–Kier alpha value is -2.42. The summed E-state index contributed by atoms with van der Waals surface area (Å²) < 4.78 is 11.0. The topological polar surface area (TPSA) is 89.0 Å². The van der Waals surface area contributed by atoms with Crippen LogP contribution in [0.1, 0.15) is 6.42 Å². The maximum absolute atomic E-state index is 12.3. The van der Waals surface area contributed by atoms with Crippen molar-refractivity contribution in [3.05, 3.63) is 46.4 Å². The molecular weight excluding hydrogens is 437 g/mol. The van der Waals surface area contributed by atoms with Gasteiger partial charge in [-0.1, -0.05) is 35.0 Å². The van der Waals surface area contributed by atoms with Crippen LogP contribution in [0.2, 0.25) is 10.0 Å². The largest absolute Gasteiger partial charge is 0.486 e. The minimum absolute atomic E-state index is 0.00307. The van der Waals surface area contributed by atoms with Crippen LogP contribution in [0, 0.1) is 0 Å². The summed E-state index contributed by atoms with van der Waals surface area (Å²) >= 11 is 13.0. The van der Waals surface area contributed by atoms with Gasteiger partial charge in [0.1, 0.15) is 18.5 Å². The van der Waals surface area contributed by atoms with Gasteiger partial charge in [-0.15, -0.1) is 0 Å². The Labute approximate surface area is 180 Å². The second-order valence-electron chi connectivity index (χ2n) is 6.22. The highest BCUT2D eigenvalue weighted by Crippen LogP contribution is 2.35. The zero-order valence-electron chi connectivity index (χ0n) is 14.9. The third-order valence-electron chi connectivity index (χ3n) is 4.11. The van der Waals surface area contributed by atoms with Gasteiger partial charge in [-0.3, -0.25) is 9.59 Å². The summed E-state index contributed by atoms with van der Waals surface area (Å²) in [7, 11) is 0. The number of thioether (sulfide) groups is 1. The summed E-state index contributed by atoms with van der Waals surface area (Å²) in [6, 6.07) is 10.1. The Morgan fingerprint density at radius 1 is 1.14 bits per heavy atom. The summed E-state index contributed by atoms with van der Waals surface area (Å²) in [4.78, 5) is 28.9. The number of nitrogens with zero attached hydrogens (tertiary/aromatic N) is 1. The monoisotopic (exact) mass is 451 g/mol. The van der Waals surface area contributed by atoms with Gasteiger partial charge in [0.25, 0.3) is 0 Å². The Morgan fingerprint density at radius 3 is 2.72 bits per heavy atom. The maximum Gasteiger partial charge on any atom is 0.240 e. The number of ether oxygens (including phenoxy) is 2. The number of benzene rings is 2. The highest BCUT2D eigenvalue weighted by Gasteiger charge is 2.32. The van der Waals surface area contributed by atoms with Crippen molar-refractivity contribution in [2.24, 2.45) is 4.99 Å². The van der Waals surface area contributed by atoms with E-state index in [-0.39, 0.29) is 18.2 Å². The lowest BCUT2D eigenvalue weighted by Gasteiger charge is -2.18. The van der Waals surface area contributed by atoms with E-state index in [0.29, 0.717) is 51.3 Å². The number of nitrogens with one attached hydrogen (secondary N) is 2. The Balaban J connectivity index is 1.39. The van der Waals surface area contributed by atoms with Crippen LogP contribution in [0.3, 0.4) is 0 Å². The molecule has 0 radical (unpaired) electrons. The van der Waals surface area contributed by atoms with Crippen LogP contribution in [0.5, 0.6) is 11.5 Å². The third-order valence-corrected chi connectivity index (χ3v) is 5.93. The minimum Gasteiger partial charge on any atom is -0.486 e. The van der Waals surface area contributed by atoms with Crippen molar-refractivity contribution in [2.75, 3.05) is 18.5 Å². The quantitative estimate of drug-likeness (QED) is 0.732. The first-order valence-corrected chi connectivity index (χ1v) is 10.3. The summed E-state index contributed by atoms with van der Waals surface area (Å²) in [6.07, 6.45) is -0.00307. The molecule has 2 N–H and O–H groups in total. The second kappa shape index (κ2) is 8.52. The van der Waals surface area contributed by atoms with E-state index in [1.807, 2.05) is 0 Å². The number of rotatable bonds is 4. The molecule has 1 unspecified atom stereocenters. The van der Waals surface area contributed by atoms with Gasteiger partial charge in [0.2, 0.25) is 11.8 Å². The summed E-state index contributed by atoms with van der Waals surface area (Å²) in [6.45, 7) is 0.993. The molecule has 2 amide bonds. The van der Waals surface area contributed by atoms with Gasteiger partial charge in [-0.05, 0) is 30.3 Å². The van der Waals surface area contributed by atoms with Crippen molar-refractivity contribution in [1.29, 1.82) is 0 Å². The molecule has 2 aliphatic heterocycles. The van der Waals surface area contributed by atoms with Crippen LogP contribution in [0.15, 0.2) is 41.4 Å². The van der Waals surface area contributed by atoms with Gasteiger partial charge >= 0.3 is 0 Å². The van der Waals surface area contributed by atoms with Crippen molar-refractivity contribution in [1.82, 2.24) is 5.32 Å². The maximum atomic E-state index is 12.3. The number of hydrogen-bond donors (Lipinski definition) is 2. The van der Waals surface area contributed by atoms with Crippen LogP contribution in [-0.2, 0) is 9.59 Å². The fourth-order valence-corrected chi connectivity index (χ4v) is 4.05. The first-order chi connectivity index (χ1) is 14.0. The number of carbonyl (C=O) groups excluding carboxylic acids is 2. The molecule has 1 saturated heterocycles. The lowest BCUT2D eigenvalue weighted by Crippen LogP contribution is -2.28. The molecule has 2 aromatic carbocycles. The lowest BCUT2D eigenvalue weighted by molar-refractivity contribution is -0.122. The van der Waals surface area contributed by atoms with E-state index in [1.54, 1.807) is 36.4 Å². The van der Waals surface area contributed by atoms with E-state index < -0.39 is 5.25 Å². The van der Waals surface area contributed by atoms with Crippen LogP contribution < -0.4 is 20.1 Å². The molecule has 150 valence electrons. The average Bonchev–Trinajstić information content (AvgIpc) is 3.03. The third kappa shape index (κ3) is 4.77. The zero-order chi connectivity index (χ0) is 20.4. The van der Waals surface area contributed by atoms with Gasteiger partial charge in [-0.25, -0.2) is 4.99 Å². The van der Waals surface area contributed by atoms with Gasteiger partial charge in [0, 0.05) is 18.2 Å². The van der Waals surface area contributed by atoms with Crippen LogP contribution in [-0.4, -0.2) is 35.4 Å². The number of carbonyl (C=O) groups is 2. The molecule has 2 aliphatic rings. The number of aliphatic imine (C=N–C) groups is 1. The normalized spacial score (nSPS) is 19.2. The number of amidine groups is 1. The zero-order valence-corrected chi connectivity index (χ0v) is 17.2. The van der Waals surface area contributed by atoms with E-state index in [4.69, 9.17) is 32.7 Å². The second-order valence-corrected chi connectivity index (χ2v) is 8.23. The molecule has 1 fully saturated rings. The fourth-order valence-electron chi connectivity index (χ4n) is 2.77. The predicted octanol–water partition coefficient (Wildman–Crippen LogP) is 4.01. The Morgan fingerprint density at radius 2 is 1.93 bits per heavy atom. The van der Waals surface area contributed by atoms with Crippen LogP contribution in [0.25, 0.3) is 0 Å². The smallest absolute Gasteiger partial charge is 0.240 e. The van der Waals surface area contributed by atoms with Crippen molar-refractivity contribution in [3.63, 3.8) is 0 Å². The first kappa shape index (κ1) is 19.9. The van der Waals surface area contributed by atoms with Crippen LogP contribution >= 0.6 is 35.0 Å². The van der Waals surface area contributed by atoms with E-state index in [0.717, 1.165) is 0 Å². The van der Waals surface area contributed by atoms with Gasteiger partial charge in [0.15, 0.2) is 16.7 Å². The van der Waals surface area contributed by atoms with Crippen molar-refractivity contribution < 1.29 is 19.1 Å². The van der Waals surface area contributed by atoms with Crippen molar-refractivity contribution >= 4 is 63.3 Å². The highest BCUT2D eigenvalue weighted by molar-refractivity contribution is 8.15.